The molecule has 0 saturated heterocycles. The maximum Gasteiger partial charge on any atom is 0.197 e. The van der Waals surface area contributed by atoms with E-state index in [-0.39, 0.29) is 6.04 Å². The van der Waals surface area contributed by atoms with Crippen molar-refractivity contribution in [2.75, 3.05) is 6.54 Å². The number of halogens is 2. The van der Waals surface area contributed by atoms with Crippen molar-refractivity contribution >= 4 is 34.8 Å². The topological polar surface area (TPSA) is 36.4 Å². The lowest BCUT2D eigenvalue weighted by atomic mass is 9.67. The zero-order valence-electron chi connectivity index (χ0n) is 15.3. The van der Waals surface area contributed by atoms with Gasteiger partial charge in [-0.3, -0.25) is 0 Å². The first-order chi connectivity index (χ1) is 12.5. The summed E-state index contributed by atoms with van der Waals surface area (Å²) in [6, 6.07) is 3.91. The van der Waals surface area contributed by atoms with E-state index in [1.165, 1.54) is 44.9 Å². The van der Waals surface area contributed by atoms with Gasteiger partial charge >= 0.3 is 0 Å². The van der Waals surface area contributed by atoms with Gasteiger partial charge in [0.2, 0.25) is 0 Å². The molecule has 140 valence electrons. The molecule has 0 aromatic heterocycles. The van der Waals surface area contributed by atoms with Gasteiger partial charge in [-0.05, 0) is 74.3 Å². The Morgan fingerprint density at radius 2 is 2.08 bits per heavy atom. The minimum Gasteiger partial charge on any atom is -0.356 e. The van der Waals surface area contributed by atoms with E-state index >= 15 is 0 Å². The highest BCUT2D eigenvalue weighted by molar-refractivity contribution is 6.42. The van der Waals surface area contributed by atoms with Gasteiger partial charge in [-0.1, -0.05) is 36.0 Å². The van der Waals surface area contributed by atoms with Crippen LogP contribution in [0.4, 0.5) is 5.69 Å². The van der Waals surface area contributed by atoms with E-state index in [1.54, 1.807) is 0 Å². The van der Waals surface area contributed by atoms with Crippen LogP contribution in [-0.2, 0) is 0 Å². The van der Waals surface area contributed by atoms with E-state index in [0.29, 0.717) is 15.5 Å². The van der Waals surface area contributed by atoms with Crippen molar-refractivity contribution in [1.82, 2.24) is 10.6 Å². The summed E-state index contributed by atoms with van der Waals surface area (Å²) in [7, 11) is 0. The van der Waals surface area contributed by atoms with Gasteiger partial charge in [0.05, 0.1) is 21.8 Å². The Morgan fingerprint density at radius 3 is 2.96 bits per heavy atom. The van der Waals surface area contributed by atoms with Crippen LogP contribution in [0.1, 0.15) is 63.5 Å². The number of rotatable bonds is 2. The molecule has 5 rings (SSSR count). The Kier molecular flexibility index (Phi) is 4.17. The lowest BCUT2D eigenvalue weighted by Gasteiger charge is -2.41. The van der Waals surface area contributed by atoms with Crippen LogP contribution >= 0.6 is 23.2 Å². The van der Waals surface area contributed by atoms with Crippen molar-refractivity contribution in [3.8, 4) is 0 Å². The summed E-state index contributed by atoms with van der Waals surface area (Å²) in [5, 5.41) is 8.36. The second-order valence-electron chi connectivity index (χ2n) is 9.13. The molecule has 4 aliphatic rings. The molecule has 3 bridgehead atoms. The van der Waals surface area contributed by atoms with Crippen LogP contribution < -0.4 is 10.6 Å². The molecule has 1 aliphatic heterocycles. The monoisotopic (exact) mass is 391 g/mol. The van der Waals surface area contributed by atoms with Crippen LogP contribution in [-0.4, -0.2) is 12.5 Å². The van der Waals surface area contributed by atoms with Crippen LogP contribution in [0.25, 0.3) is 0 Å². The second-order valence-corrected chi connectivity index (χ2v) is 9.92. The van der Waals surface area contributed by atoms with E-state index in [2.05, 4.69) is 17.6 Å². The van der Waals surface area contributed by atoms with Crippen molar-refractivity contribution in [1.29, 1.82) is 0 Å². The smallest absolute Gasteiger partial charge is 0.197 e. The summed E-state index contributed by atoms with van der Waals surface area (Å²) in [5.41, 5.74) is 2.40. The lowest BCUT2D eigenvalue weighted by molar-refractivity contribution is 0.126. The minimum absolute atomic E-state index is 0.106. The SMILES string of the molecule is CC1NC(NC[C@]23CCC[C@H]4CC(CC4C2)C3)=Nc2ccc(Cl)c(Cl)c21. The van der Waals surface area contributed by atoms with Gasteiger partial charge in [0, 0.05) is 12.1 Å². The van der Waals surface area contributed by atoms with Crippen molar-refractivity contribution < 1.29 is 0 Å². The molecule has 5 atom stereocenters. The molecule has 3 saturated carbocycles. The molecule has 3 aliphatic carbocycles. The number of aliphatic imine (C=N–C) groups is 1. The fraction of sp³-hybridized carbons (Fsp3) is 0.667. The van der Waals surface area contributed by atoms with Crippen LogP contribution in [0.2, 0.25) is 10.0 Å². The average molecular weight is 392 g/mol. The predicted octanol–water partition coefficient (Wildman–Crippen LogP) is 5.84. The van der Waals surface area contributed by atoms with Crippen LogP contribution in [0.3, 0.4) is 0 Å². The summed E-state index contributed by atoms with van der Waals surface area (Å²) >= 11 is 12.6. The molecule has 1 aromatic rings. The number of benzene rings is 1. The van der Waals surface area contributed by atoms with Gasteiger partial charge < -0.3 is 10.6 Å². The average Bonchev–Trinajstić information content (AvgIpc) is 2.83. The number of fused-ring (bicyclic) bond motifs is 3. The first-order valence-electron chi connectivity index (χ1n) is 10.1. The quantitative estimate of drug-likeness (QED) is 0.663. The van der Waals surface area contributed by atoms with Crippen LogP contribution in [0.5, 0.6) is 0 Å². The van der Waals surface area contributed by atoms with E-state index < -0.39 is 0 Å². The first kappa shape index (κ1) is 17.2. The zero-order valence-corrected chi connectivity index (χ0v) is 16.8. The minimum atomic E-state index is 0.106. The summed E-state index contributed by atoms with van der Waals surface area (Å²) in [4.78, 5) is 4.79. The van der Waals surface area contributed by atoms with E-state index in [0.717, 1.165) is 41.5 Å². The highest BCUT2D eigenvalue weighted by atomic mass is 35.5. The zero-order chi connectivity index (χ0) is 17.9. The van der Waals surface area contributed by atoms with Crippen molar-refractivity contribution in [3.63, 3.8) is 0 Å². The standard InChI is InChI=1S/C21H27Cl2N3/c1-12-18-17(5-4-16(22)19(18)23)26-20(25-12)24-11-21-6-2-3-14-7-13(9-21)8-15(14)10-21/h4-5,12-15H,2-3,6-11H2,1H3,(H2,24,25,26)/t12?,13?,14-,15?,21-/m0/s1. The lowest BCUT2D eigenvalue weighted by Crippen LogP contribution is -2.47. The summed E-state index contributed by atoms with van der Waals surface area (Å²) in [6.45, 7) is 3.16. The summed E-state index contributed by atoms with van der Waals surface area (Å²) in [6.07, 6.45) is 10.1. The van der Waals surface area contributed by atoms with Gasteiger partial charge in [-0.2, -0.15) is 0 Å². The van der Waals surface area contributed by atoms with E-state index in [9.17, 15) is 0 Å². The first-order valence-corrected chi connectivity index (χ1v) is 10.9. The number of hydrogen-bond donors (Lipinski definition) is 2. The molecule has 1 heterocycles. The van der Waals surface area contributed by atoms with Gasteiger partial charge in [0.15, 0.2) is 5.96 Å². The number of nitrogens with zero attached hydrogens (tertiary/aromatic N) is 1. The fourth-order valence-corrected chi connectivity index (χ4v) is 6.88. The van der Waals surface area contributed by atoms with Crippen molar-refractivity contribution in [2.24, 2.45) is 28.2 Å². The molecule has 3 nitrogen and oxygen atoms in total. The van der Waals surface area contributed by atoms with Gasteiger partial charge in [-0.25, -0.2) is 4.99 Å². The molecule has 0 spiro atoms. The number of hydrogen-bond acceptors (Lipinski definition) is 3. The molecule has 3 unspecified atom stereocenters. The molecule has 1 aromatic carbocycles. The maximum absolute atomic E-state index is 6.40. The maximum atomic E-state index is 6.40. The Bertz CT molecular complexity index is 762. The Labute approximate surface area is 165 Å². The van der Waals surface area contributed by atoms with Gasteiger partial charge in [-0.15, -0.1) is 0 Å². The molecule has 26 heavy (non-hydrogen) atoms. The molecule has 0 amide bonds. The fourth-order valence-electron chi connectivity index (χ4n) is 6.39. The molecule has 0 radical (unpaired) electrons. The summed E-state index contributed by atoms with van der Waals surface area (Å²) < 4.78 is 0. The molecular formula is C21H27Cl2N3. The predicted molar refractivity (Wildman–Crippen MR) is 108 cm³/mol. The highest BCUT2D eigenvalue weighted by Gasteiger charge is 2.49. The Morgan fingerprint density at radius 1 is 1.23 bits per heavy atom. The summed E-state index contributed by atoms with van der Waals surface area (Å²) in [5.74, 6) is 3.87. The molecule has 5 heteroatoms. The van der Waals surface area contributed by atoms with Crippen LogP contribution in [0.15, 0.2) is 17.1 Å². The Balaban J connectivity index is 1.35. The van der Waals surface area contributed by atoms with Crippen LogP contribution in [0, 0.1) is 23.2 Å². The van der Waals surface area contributed by atoms with E-state index in [1.807, 2.05) is 12.1 Å². The third-order valence-corrected chi connectivity index (χ3v) is 8.22. The van der Waals surface area contributed by atoms with E-state index in [4.69, 9.17) is 28.2 Å². The third kappa shape index (κ3) is 2.82. The second kappa shape index (κ2) is 6.31. The molecule has 3 fully saturated rings. The normalized spacial score (nSPS) is 37.6. The van der Waals surface area contributed by atoms with Gasteiger partial charge in [0.25, 0.3) is 0 Å². The Hall–Kier alpha value is -0.930. The molecular weight excluding hydrogens is 365 g/mol. The van der Waals surface area contributed by atoms with Crippen molar-refractivity contribution in [3.05, 3.63) is 27.7 Å². The van der Waals surface area contributed by atoms with Crippen molar-refractivity contribution in [2.45, 2.75) is 57.9 Å². The third-order valence-electron chi connectivity index (χ3n) is 7.40. The van der Waals surface area contributed by atoms with Gasteiger partial charge in [0.1, 0.15) is 0 Å². The number of nitrogens with one attached hydrogen (secondary N) is 2. The largest absolute Gasteiger partial charge is 0.356 e. The number of guanidine groups is 1. The molecule has 2 N–H and O–H groups in total. The highest BCUT2D eigenvalue weighted by Crippen LogP contribution is 2.58.